The van der Waals surface area contributed by atoms with Crippen LogP contribution in [0, 0.1) is 59.2 Å². The number of carbonyl (C=O) groups excluding carboxylic acids is 11. The number of nitrogens with zero attached hydrogens (tertiary/aromatic N) is 7. The summed E-state index contributed by atoms with van der Waals surface area (Å²) < 4.78 is 11.8. The van der Waals surface area contributed by atoms with E-state index >= 15 is 24.0 Å². The van der Waals surface area contributed by atoms with Crippen molar-refractivity contribution in [3.05, 3.63) is 12.2 Å². The minimum Gasteiger partial charge on any atom is -0.390 e. The van der Waals surface area contributed by atoms with Gasteiger partial charge in [0.2, 0.25) is 47.3 Å². The maximum atomic E-state index is 15.3. The van der Waals surface area contributed by atoms with Crippen molar-refractivity contribution in [2.45, 2.75) is 236 Å². The smallest absolute Gasteiger partial charge is 0.246 e. The van der Waals surface area contributed by atoms with E-state index in [0.717, 1.165) is 4.90 Å². The van der Waals surface area contributed by atoms with E-state index in [0.29, 0.717) is 26.1 Å². The summed E-state index contributed by atoms with van der Waals surface area (Å²) in [5.41, 5.74) is 0. The summed E-state index contributed by atoms with van der Waals surface area (Å²) in [5, 5.41) is 15.0. The van der Waals surface area contributed by atoms with E-state index in [4.69, 9.17) is 9.47 Å². The summed E-state index contributed by atoms with van der Waals surface area (Å²) in [6.07, 6.45) is 2.57. The van der Waals surface area contributed by atoms with Gasteiger partial charge in [0.25, 0.3) is 0 Å². The second kappa shape index (κ2) is 37.3. The first-order chi connectivity index (χ1) is 42.2. The highest BCUT2D eigenvalue weighted by Gasteiger charge is 2.46. The molecule has 1 unspecified atom stereocenters. The molecule has 8 amide bonds. The minimum absolute atomic E-state index is 0.0107. The van der Waals surface area contributed by atoms with E-state index in [9.17, 15) is 33.9 Å². The number of Topliss-reactive ketones (excluding diaryl/α,β-unsaturated/α-hetero) is 3. The number of amides is 8. The zero-order chi connectivity index (χ0) is 70.0. The zero-order valence-electron chi connectivity index (χ0n) is 60.1. The molecule has 15 atom stereocenters. The lowest BCUT2D eigenvalue weighted by atomic mass is 9.83. The highest BCUT2D eigenvalue weighted by Crippen LogP contribution is 2.30. The van der Waals surface area contributed by atoms with Gasteiger partial charge in [-0.1, -0.05) is 116 Å². The normalized spacial score (nSPS) is 29.0. The van der Waals surface area contributed by atoms with Crippen LogP contribution in [0.2, 0.25) is 0 Å². The van der Waals surface area contributed by atoms with Crippen molar-refractivity contribution in [3.63, 3.8) is 0 Å². The molecule has 2 aliphatic rings. The van der Waals surface area contributed by atoms with Crippen LogP contribution in [0.5, 0.6) is 0 Å². The van der Waals surface area contributed by atoms with Crippen molar-refractivity contribution in [1.29, 1.82) is 0 Å². The average Bonchev–Trinajstić information content (AvgIpc) is 1.03. The molecule has 0 aromatic carbocycles. The molecule has 0 aliphatic carbocycles. The van der Waals surface area contributed by atoms with Gasteiger partial charge in [-0.2, -0.15) is 0 Å². The molecule has 0 bridgehead atoms. The third-order valence-corrected chi connectivity index (χ3v) is 18.8. The lowest BCUT2D eigenvalue weighted by Gasteiger charge is -2.41. The van der Waals surface area contributed by atoms with E-state index in [1.807, 2.05) is 54.5 Å². The third kappa shape index (κ3) is 22.3. The third-order valence-electron chi connectivity index (χ3n) is 18.8. The van der Waals surface area contributed by atoms with Crippen LogP contribution in [0.4, 0.5) is 0 Å². The SMILES string of the molecule is C/C=C/C[C@@H](C)[C@@H](O)C1C(=O)N[C@@H](CC)C(=O)N(C)[C@H](C)C(=O)N(C)[C@@H]([C@H](C)CO[C@H]2CCOC2)C(=O)C[C@@H](C(C)C)C(=O)N(C)[C@@H](CC(C)C)C(=O)C[C@@H](C)C(=O)C[C@H](C)C(=O)N(C)[C@@H](CC(C)C)C(=O)N(C)[C@@H](CC(C)C)C(=O)N(C)[C@@H](C(C)C)C(=O)N1C. The molecule has 22 nitrogen and oxygen atoms in total. The van der Waals surface area contributed by atoms with Crippen molar-refractivity contribution in [1.82, 2.24) is 39.6 Å². The molecule has 2 rings (SSSR count). The lowest BCUT2D eigenvalue weighted by molar-refractivity contribution is -0.157. The lowest BCUT2D eigenvalue weighted by Crippen LogP contribution is -2.63. The largest absolute Gasteiger partial charge is 0.390 e. The molecule has 2 N–H and O–H groups in total. The molecule has 0 radical (unpaired) electrons. The number of nitrogens with one attached hydrogen (secondary N) is 1. The van der Waals surface area contributed by atoms with Gasteiger partial charge in [-0.25, -0.2) is 0 Å². The maximum absolute atomic E-state index is 15.3. The number of hydrogen-bond acceptors (Lipinski definition) is 14. The molecule has 2 saturated heterocycles. The predicted octanol–water partition coefficient (Wildman–Crippen LogP) is 6.32. The van der Waals surface area contributed by atoms with Crippen LogP contribution in [-0.2, 0) is 62.2 Å². The number of carbonyl (C=O) groups is 11. The van der Waals surface area contributed by atoms with Gasteiger partial charge in [-0.15, -0.1) is 0 Å². The van der Waals surface area contributed by atoms with Crippen LogP contribution in [0.25, 0.3) is 0 Å². The maximum Gasteiger partial charge on any atom is 0.246 e. The van der Waals surface area contributed by atoms with Crippen LogP contribution in [-0.4, -0.2) is 234 Å². The highest BCUT2D eigenvalue weighted by molar-refractivity contribution is 6.00. The van der Waals surface area contributed by atoms with Gasteiger partial charge in [0.15, 0.2) is 11.6 Å². The van der Waals surface area contributed by atoms with E-state index in [1.54, 1.807) is 68.4 Å². The Morgan fingerprint density at radius 1 is 0.538 bits per heavy atom. The Labute approximate surface area is 546 Å². The standard InChI is InChI=1S/C69H120N8O14/c1-25-27-28-44(13)61(81)60-62(82)70-51(26-2)66(86)71(18)48(17)64(84)76(23)59(47(16)37-91-49-29-30-90-38-49)57(80)36-50(42(9)10)65(85)72(19)52(31-39(3)4)56(79)34-45(14)55(78)35-46(15)63(83)73(20)53(32-40(5)6)67(87)74(21)54(33-41(7)8)68(88)75(22)58(43(11)12)69(89)77(60)24/h25,27,39-54,58-61,81H,26,28-38H2,1-24H3,(H,70,82)/b27-25+/t44-,45-,46+,47-,48-,49+,50+,51+,52+,53+,54+,58+,59+,60?,61-/m1/s1. The number of aliphatic hydroxyl groups is 1. The number of ether oxygens (including phenoxy) is 2. The van der Waals surface area contributed by atoms with Gasteiger partial charge in [0, 0.05) is 98.9 Å². The first-order valence-corrected chi connectivity index (χ1v) is 33.5. The molecule has 2 fully saturated rings. The molecule has 2 aliphatic heterocycles. The summed E-state index contributed by atoms with van der Waals surface area (Å²) in [6.45, 7) is 31.0. The van der Waals surface area contributed by atoms with Crippen LogP contribution < -0.4 is 5.32 Å². The molecular weight excluding hydrogens is 1160 g/mol. The van der Waals surface area contributed by atoms with Gasteiger partial charge >= 0.3 is 0 Å². The monoisotopic (exact) mass is 1280 g/mol. The Kier molecular flexibility index (Phi) is 33.4. The van der Waals surface area contributed by atoms with Crippen LogP contribution in [0.3, 0.4) is 0 Å². The van der Waals surface area contributed by atoms with Crippen molar-refractivity contribution in [2.24, 2.45) is 59.2 Å². The van der Waals surface area contributed by atoms with E-state index in [2.05, 4.69) is 5.32 Å². The van der Waals surface area contributed by atoms with Gasteiger partial charge in [-0.3, -0.25) is 52.7 Å². The molecule has 520 valence electrons. The van der Waals surface area contributed by atoms with Crippen molar-refractivity contribution in [3.8, 4) is 0 Å². The molecule has 22 heteroatoms. The molecule has 0 saturated carbocycles. The number of allylic oxidation sites excluding steroid dienone is 2. The van der Waals surface area contributed by atoms with Crippen molar-refractivity contribution < 1.29 is 67.3 Å². The van der Waals surface area contributed by atoms with E-state index < -0.39 is 149 Å². The first-order valence-electron chi connectivity index (χ1n) is 33.5. The fourth-order valence-electron chi connectivity index (χ4n) is 12.6. The summed E-state index contributed by atoms with van der Waals surface area (Å²) >= 11 is 0. The van der Waals surface area contributed by atoms with Crippen LogP contribution in [0.15, 0.2) is 12.2 Å². The second-order valence-electron chi connectivity index (χ2n) is 28.5. The molecule has 0 aromatic rings. The Morgan fingerprint density at radius 3 is 1.51 bits per heavy atom. The number of hydrogen-bond donors (Lipinski definition) is 2. The second-order valence-corrected chi connectivity index (χ2v) is 28.5. The molecule has 0 spiro atoms. The fourth-order valence-corrected chi connectivity index (χ4v) is 12.6. The topological polar surface area (TPSA) is 261 Å². The Bertz CT molecular complexity index is 2500. The van der Waals surface area contributed by atoms with Crippen molar-refractivity contribution in [2.75, 3.05) is 69.2 Å². The predicted molar refractivity (Wildman–Crippen MR) is 351 cm³/mol. The zero-order valence-corrected chi connectivity index (χ0v) is 60.1. The van der Waals surface area contributed by atoms with Gasteiger partial charge in [0.1, 0.15) is 42.0 Å². The molecule has 91 heavy (non-hydrogen) atoms. The quantitative estimate of drug-likeness (QED) is 0.151. The number of ketones is 3. The van der Waals surface area contributed by atoms with Crippen molar-refractivity contribution >= 4 is 64.6 Å². The summed E-state index contributed by atoms with van der Waals surface area (Å²) in [7, 11) is 10.2. The van der Waals surface area contributed by atoms with Crippen LogP contribution in [0.1, 0.15) is 175 Å². The van der Waals surface area contributed by atoms with Gasteiger partial charge in [0.05, 0.1) is 37.5 Å². The minimum atomic E-state index is -1.62. The summed E-state index contributed by atoms with van der Waals surface area (Å²) in [5.74, 6) is -11.6. The average molecular weight is 1290 g/mol. The Hall–Kier alpha value is -5.61. The van der Waals surface area contributed by atoms with Crippen LogP contribution >= 0.6 is 0 Å². The number of rotatable bonds is 17. The molecule has 2 heterocycles. The molecule has 0 aromatic heterocycles. The molecular formula is C69H120N8O14. The summed E-state index contributed by atoms with van der Waals surface area (Å²) in [4.78, 5) is 172. The van der Waals surface area contributed by atoms with E-state index in [1.165, 1.54) is 85.7 Å². The highest BCUT2D eigenvalue weighted by atomic mass is 16.5. The number of aliphatic hydroxyl groups excluding tert-OH is 1. The van der Waals surface area contributed by atoms with E-state index in [-0.39, 0.29) is 87.0 Å². The fraction of sp³-hybridized carbons (Fsp3) is 0.812. The van der Waals surface area contributed by atoms with Gasteiger partial charge in [-0.05, 0) is 87.9 Å². The number of likely N-dealkylation sites (N-methyl/N-ethyl adjacent to an activating group) is 7. The Balaban J connectivity index is 3.03. The first kappa shape index (κ1) is 81.5. The Morgan fingerprint density at radius 2 is 1.02 bits per heavy atom. The summed E-state index contributed by atoms with van der Waals surface area (Å²) in [6, 6.07) is -9.80. The van der Waals surface area contributed by atoms with Gasteiger partial charge < -0.3 is 54.2 Å².